The van der Waals surface area contributed by atoms with E-state index < -0.39 is 0 Å². The lowest BCUT2D eigenvalue weighted by Crippen LogP contribution is -2.43. The number of anilines is 1. The first-order chi connectivity index (χ1) is 7.26. The van der Waals surface area contributed by atoms with E-state index in [0.717, 1.165) is 13.1 Å². The third kappa shape index (κ3) is 2.15. The predicted octanol–water partition coefficient (Wildman–Crippen LogP) is 2.54. The number of hydrogen-bond acceptors (Lipinski definition) is 2. The summed E-state index contributed by atoms with van der Waals surface area (Å²) in [6.45, 7) is 3.97. The summed E-state index contributed by atoms with van der Waals surface area (Å²) in [6.07, 6.45) is 3.90. The maximum absolute atomic E-state index is 5.83. The van der Waals surface area contributed by atoms with Crippen LogP contribution >= 0.6 is 0 Å². The Hall–Kier alpha value is -1.02. The highest BCUT2D eigenvalue weighted by molar-refractivity contribution is 5.50. The van der Waals surface area contributed by atoms with Gasteiger partial charge in [-0.15, -0.1) is 0 Å². The Morgan fingerprint density at radius 1 is 1.33 bits per heavy atom. The van der Waals surface area contributed by atoms with E-state index in [2.05, 4.69) is 36.5 Å². The third-order valence-corrected chi connectivity index (χ3v) is 3.65. The monoisotopic (exact) mass is 204 g/mol. The molecular formula is C13H20N2. The Balaban J connectivity index is 1.95. The molecule has 0 aromatic heterocycles. The molecule has 0 radical (unpaired) electrons. The van der Waals surface area contributed by atoms with Crippen molar-refractivity contribution >= 4 is 5.69 Å². The van der Waals surface area contributed by atoms with Crippen LogP contribution in [0.15, 0.2) is 24.3 Å². The molecule has 0 spiro atoms. The van der Waals surface area contributed by atoms with Crippen LogP contribution in [0.3, 0.4) is 0 Å². The van der Waals surface area contributed by atoms with Gasteiger partial charge in [0.1, 0.15) is 0 Å². The molecule has 3 N–H and O–H groups in total. The van der Waals surface area contributed by atoms with Gasteiger partial charge in [-0.05, 0) is 43.4 Å². The first-order valence-corrected chi connectivity index (χ1v) is 5.75. The first kappa shape index (κ1) is 10.5. The second kappa shape index (κ2) is 4.23. The second-order valence-corrected chi connectivity index (χ2v) is 4.73. The fourth-order valence-corrected chi connectivity index (χ4v) is 2.18. The molecule has 15 heavy (non-hydrogen) atoms. The molecule has 0 bridgehead atoms. The molecule has 1 fully saturated rings. The van der Waals surface area contributed by atoms with Crippen molar-refractivity contribution in [3.8, 4) is 0 Å². The lowest BCUT2D eigenvalue weighted by atomic mass is 9.69. The lowest BCUT2D eigenvalue weighted by molar-refractivity contribution is 0.163. The van der Waals surface area contributed by atoms with Crippen molar-refractivity contribution in [1.29, 1.82) is 0 Å². The molecule has 1 aromatic rings. The smallest absolute Gasteiger partial charge is 0.0370 e. The van der Waals surface area contributed by atoms with Crippen LogP contribution in [0.5, 0.6) is 0 Å². The maximum atomic E-state index is 5.83. The molecule has 1 aromatic carbocycles. The molecule has 1 aliphatic rings. The molecule has 0 atom stereocenters. The summed E-state index contributed by atoms with van der Waals surface area (Å²) < 4.78 is 0. The quantitative estimate of drug-likeness (QED) is 0.791. The molecule has 2 rings (SSSR count). The lowest BCUT2D eigenvalue weighted by Gasteiger charge is -2.41. The molecule has 1 aliphatic carbocycles. The molecule has 0 amide bonds. The van der Waals surface area contributed by atoms with Crippen molar-refractivity contribution in [2.45, 2.75) is 26.2 Å². The normalized spacial score (nSPS) is 18.3. The van der Waals surface area contributed by atoms with Crippen LogP contribution < -0.4 is 11.1 Å². The molecule has 0 aliphatic heterocycles. The Morgan fingerprint density at radius 2 is 2.07 bits per heavy atom. The second-order valence-electron chi connectivity index (χ2n) is 4.73. The SMILES string of the molecule is Cc1ccccc1NCC1(CN)CCC1. The highest BCUT2D eigenvalue weighted by atomic mass is 14.9. The molecule has 0 unspecified atom stereocenters. The Bertz CT molecular complexity index is 324. The van der Waals surface area contributed by atoms with Gasteiger partial charge in [-0.3, -0.25) is 0 Å². The molecular weight excluding hydrogens is 184 g/mol. The van der Waals surface area contributed by atoms with Crippen LogP contribution in [0, 0.1) is 12.3 Å². The summed E-state index contributed by atoms with van der Waals surface area (Å²) in [4.78, 5) is 0. The van der Waals surface area contributed by atoms with Gasteiger partial charge >= 0.3 is 0 Å². The zero-order valence-corrected chi connectivity index (χ0v) is 9.42. The highest BCUT2D eigenvalue weighted by Gasteiger charge is 2.35. The van der Waals surface area contributed by atoms with Crippen LogP contribution in [0.1, 0.15) is 24.8 Å². The van der Waals surface area contributed by atoms with Crippen LogP contribution in [0.4, 0.5) is 5.69 Å². The van der Waals surface area contributed by atoms with E-state index in [1.807, 2.05) is 0 Å². The van der Waals surface area contributed by atoms with Gasteiger partial charge in [-0.2, -0.15) is 0 Å². The first-order valence-electron chi connectivity index (χ1n) is 5.75. The highest BCUT2D eigenvalue weighted by Crippen LogP contribution is 2.39. The third-order valence-electron chi connectivity index (χ3n) is 3.65. The zero-order chi connectivity index (χ0) is 10.7. The van der Waals surface area contributed by atoms with Crippen molar-refractivity contribution in [3.63, 3.8) is 0 Å². The van der Waals surface area contributed by atoms with Crippen LogP contribution in [0.2, 0.25) is 0 Å². The molecule has 82 valence electrons. The number of hydrogen-bond donors (Lipinski definition) is 2. The van der Waals surface area contributed by atoms with Gasteiger partial charge in [-0.1, -0.05) is 24.6 Å². The van der Waals surface area contributed by atoms with Gasteiger partial charge in [0, 0.05) is 12.2 Å². The Kier molecular flexibility index (Phi) is 2.96. The van der Waals surface area contributed by atoms with E-state index in [1.165, 1.54) is 30.5 Å². The summed E-state index contributed by atoms with van der Waals surface area (Å²) in [5.74, 6) is 0. The summed E-state index contributed by atoms with van der Waals surface area (Å²) >= 11 is 0. The number of rotatable bonds is 4. The number of benzene rings is 1. The van der Waals surface area contributed by atoms with E-state index in [4.69, 9.17) is 5.73 Å². The number of aryl methyl sites for hydroxylation is 1. The summed E-state index contributed by atoms with van der Waals surface area (Å²) in [5, 5.41) is 3.53. The summed E-state index contributed by atoms with van der Waals surface area (Å²) in [6, 6.07) is 8.42. The van der Waals surface area contributed by atoms with Crippen LogP contribution in [0.25, 0.3) is 0 Å². The van der Waals surface area contributed by atoms with Crippen molar-refractivity contribution < 1.29 is 0 Å². The largest absolute Gasteiger partial charge is 0.384 e. The number of para-hydroxylation sites is 1. The minimum atomic E-state index is 0.377. The fourth-order valence-electron chi connectivity index (χ4n) is 2.18. The van der Waals surface area contributed by atoms with E-state index >= 15 is 0 Å². The van der Waals surface area contributed by atoms with E-state index in [0.29, 0.717) is 5.41 Å². The van der Waals surface area contributed by atoms with Crippen molar-refractivity contribution in [3.05, 3.63) is 29.8 Å². The molecule has 1 saturated carbocycles. The minimum absolute atomic E-state index is 0.377. The maximum Gasteiger partial charge on any atom is 0.0370 e. The van der Waals surface area contributed by atoms with Gasteiger partial charge in [0.2, 0.25) is 0 Å². The van der Waals surface area contributed by atoms with E-state index in [1.54, 1.807) is 0 Å². The average Bonchev–Trinajstić information content (AvgIpc) is 2.19. The van der Waals surface area contributed by atoms with Gasteiger partial charge in [0.05, 0.1) is 0 Å². The Morgan fingerprint density at radius 3 is 2.60 bits per heavy atom. The van der Waals surface area contributed by atoms with E-state index in [9.17, 15) is 0 Å². The standard InChI is InChI=1S/C13H20N2/c1-11-5-2-3-6-12(11)15-10-13(9-14)7-4-8-13/h2-3,5-6,15H,4,7-10,14H2,1H3. The van der Waals surface area contributed by atoms with Crippen molar-refractivity contribution in [2.24, 2.45) is 11.1 Å². The van der Waals surface area contributed by atoms with Crippen molar-refractivity contribution in [2.75, 3.05) is 18.4 Å². The molecule has 2 nitrogen and oxygen atoms in total. The fraction of sp³-hybridized carbons (Fsp3) is 0.538. The van der Waals surface area contributed by atoms with Gasteiger partial charge < -0.3 is 11.1 Å². The van der Waals surface area contributed by atoms with Gasteiger partial charge in [0.25, 0.3) is 0 Å². The van der Waals surface area contributed by atoms with Crippen LogP contribution in [-0.2, 0) is 0 Å². The number of nitrogens with one attached hydrogen (secondary N) is 1. The van der Waals surface area contributed by atoms with E-state index in [-0.39, 0.29) is 0 Å². The summed E-state index contributed by atoms with van der Waals surface area (Å²) in [7, 11) is 0. The molecule has 2 heteroatoms. The zero-order valence-electron chi connectivity index (χ0n) is 9.42. The Labute approximate surface area is 91.9 Å². The minimum Gasteiger partial charge on any atom is -0.384 e. The van der Waals surface area contributed by atoms with Gasteiger partial charge in [-0.25, -0.2) is 0 Å². The van der Waals surface area contributed by atoms with Gasteiger partial charge in [0.15, 0.2) is 0 Å². The topological polar surface area (TPSA) is 38.0 Å². The molecule has 0 heterocycles. The average molecular weight is 204 g/mol. The predicted molar refractivity (Wildman–Crippen MR) is 65.0 cm³/mol. The summed E-state index contributed by atoms with van der Waals surface area (Å²) in [5.41, 5.74) is 8.76. The molecule has 0 saturated heterocycles. The van der Waals surface area contributed by atoms with Crippen molar-refractivity contribution in [1.82, 2.24) is 0 Å². The number of nitrogens with two attached hydrogens (primary N) is 1. The van der Waals surface area contributed by atoms with Crippen LogP contribution in [-0.4, -0.2) is 13.1 Å².